The molecule has 17 atom stereocenters. The van der Waals surface area contributed by atoms with Gasteiger partial charge in [-0.3, -0.25) is 0 Å². The summed E-state index contributed by atoms with van der Waals surface area (Å²) in [5.74, 6) is 0.346. The quantitative estimate of drug-likeness (QED) is 0.342. The van der Waals surface area contributed by atoms with E-state index in [1.165, 1.54) is 12.8 Å². The molecule has 9 heteroatoms. The summed E-state index contributed by atoms with van der Waals surface area (Å²) in [5.41, 5.74) is -0.717. The molecular formula is C36H58O9. The van der Waals surface area contributed by atoms with Crippen LogP contribution < -0.4 is 0 Å². The van der Waals surface area contributed by atoms with Crippen LogP contribution in [0.15, 0.2) is 0 Å². The number of methoxy groups -OCH3 is 1. The van der Waals surface area contributed by atoms with Crippen LogP contribution in [0.25, 0.3) is 0 Å². The molecule has 8 rings (SSSR count). The normalized spacial score (nSPS) is 61.1. The average Bonchev–Trinajstić information content (AvgIpc) is 3.50. The molecule has 8 aliphatic rings. The maximum atomic E-state index is 12.8. The van der Waals surface area contributed by atoms with Gasteiger partial charge in [0.25, 0.3) is 0 Å². The van der Waals surface area contributed by atoms with Gasteiger partial charge >= 0.3 is 0 Å². The van der Waals surface area contributed by atoms with Crippen molar-refractivity contribution in [1.82, 2.24) is 0 Å². The molecule has 2 bridgehead atoms. The topological polar surface area (TPSA) is 127 Å². The second-order valence-electron chi connectivity index (χ2n) is 18.4. The Labute approximate surface area is 268 Å². The monoisotopic (exact) mass is 634 g/mol. The molecule has 9 nitrogen and oxygen atoms in total. The maximum Gasteiger partial charge on any atom is 0.199 e. The smallest absolute Gasteiger partial charge is 0.199 e. The molecular weight excluding hydrogens is 576 g/mol. The van der Waals surface area contributed by atoms with Crippen molar-refractivity contribution in [2.75, 3.05) is 13.7 Å². The maximum absolute atomic E-state index is 12.8. The molecule has 0 aromatic rings. The predicted molar refractivity (Wildman–Crippen MR) is 164 cm³/mol. The molecule has 4 N–H and O–H groups in total. The van der Waals surface area contributed by atoms with Crippen LogP contribution in [0.2, 0.25) is 0 Å². The summed E-state index contributed by atoms with van der Waals surface area (Å²) in [6.45, 7) is 16.0. The first-order chi connectivity index (χ1) is 21.0. The summed E-state index contributed by atoms with van der Waals surface area (Å²) < 4.78 is 32.1. The standard InChI is InChI=1S/C36H58O9/c1-18-15-20-27(31(4,5)41-8)45-36(44-20)26(18)32(6)13-14-35-17-34(35)12-11-23(43-28-25(39)24(38)19(37)16-42-28)30(2,3)21(34)9-10-22(35)33(32,7)29(36)40/h18-29,37-40H,9-17H2,1-8H3/t18-,19+,20-,21?,22+,23+,24+,25-,26?,27-,28+,29-,32-,33-,34-,35+,36+/m1/s1. The molecule has 0 amide bonds. The van der Waals surface area contributed by atoms with E-state index >= 15 is 0 Å². The molecule has 5 aliphatic carbocycles. The van der Waals surface area contributed by atoms with Gasteiger partial charge in [-0.15, -0.1) is 0 Å². The molecule has 0 aromatic carbocycles. The van der Waals surface area contributed by atoms with Gasteiger partial charge in [0.15, 0.2) is 12.1 Å². The van der Waals surface area contributed by atoms with Gasteiger partial charge in [0.05, 0.1) is 24.4 Å². The lowest BCUT2D eigenvalue weighted by Crippen LogP contribution is -2.61. The van der Waals surface area contributed by atoms with Crippen LogP contribution >= 0.6 is 0 Å². The second-order valence-corrected chi connectivity index (χ2v) is 18.4. The second kappa shape index (κ2) is 9.45. The van der Waals surface area contributed by atoms with Gasteiger partial charge in [-0.05, 0) is 105 Å². The van der Waals surface area contributed by atoms with E-state index in [1.54, 1.807) is 7.11 Å². The summed E-state index contributed by atoms with van der Waals surface area (Å²) in [7, 11) is 1.74. The lowest BCUT2D eigenvalue weighted by atomic mass is 9.41. The summed E-state index contributed by atoms with van der Waals surface area (Å²) in [5, 5.41) is 43.6. The molecule has 2 unspecified atom stereocenters. The van der Waals surface area contributed by atoms with Crippen molar-refractivity contribution in [3.05, 3.63) is 0 Å². The number of fused-ring (bicyclic) bond motifs is 4. The van der Waals surface area contributed by atoms with Gasteiger partial charge in [-0.25, -0.2) is 0 Å². The van der Waals surface area contributed by atoms with E-state index < -0.39 is 42.1 Å². The van der Waals surface area contributed by atoms with E-state index in [1.807, 2.05) is 0 Å². The van der Waals surface area contributed by atoms with Gasteiger partial charge in [0.1, 0.15) is 30.5 Å². The van der Waals surface area contributed by atoms with Gasteiger partial charge < -0.3 is 44.1 Å². The van der Waals surface area contributed by atoms with Crippen LogP contribution in [0.4, 0.5) is 0 Å². The van der Waals surface area contributed by atoms with Crippen molar-refractivity contribution >= 4 is 0 Å². The highest BCUT2D eigenvalue weighted by molar-refractivity contribution is 5.34. The Bertz CT molecular complexity index is 1220. The Kier molecular flexibility index (Phi) is 6.69. The van der Waals surface area contributed by atoms with Crippen molar-refractivity contribution in [3.8, 4) is 0 Å². The first-order valence-corrected chi connectivity index (χ1v) is 17.9. The van der Waals surface area contributed by atoms with Crippen LogP contribution in [0.3, 0.4) is 0 Å². The minimum Gasteiger partial charge on any atom is -0.388 e. The Morgan fingerprint density at radius 3 is 2.24 bits per heavy atom. The van der Waals surface area contributed by atoms with Crippen LogP contribution in [-0.2, 0) is 23.7 Å². The molecule has 0 aromatic heterocycles. The highest BCUT2D eigenvalue weighted by Crippen LogP contribution is 2.90. The summed E-state index contributed by atoms with van der Waals surface area (Å²) in [6.07, 6.45) is 2.70. The van der Waals surface area contributed by atoms with E-state index in [2.05, 4.69) is 48.5 Å². The highest BCUT2D eigenvalue weighted by Gasteiger charge is 2.88. The zero-order valence-electron chi connectivity index (χ0n) is 28.6. The first kappa shape index (κ1) is 31.9. The van der Waals surface area contributed by atoms with Crippen molar-refractivity contribution in [1.29, 1.82) is 0 Å². The Morgan fingerprint density at radius 2 is 1.53 bits per heavy atom. The third kappa shape index (κ3) is 3.57. The van der Waals surface area contributed by atoms with Crippen LogP contribution in [0.1, 0.15) is 99.8 Å². The van der Waals surface area contributed by atoms with Crippen LogP contribution in [-0.4, -0.2) is 94.5 Å². The molecule has 3 spiro atoms. The molecule has 3 heterocycles. The van der Waals surface area contributed by atoms with Crippen molar-refractivity contribution in [2.45, 2.75) is 160 Å². The lowest BCUT2D eigenvalue weighted by Gasteiger charge is -2.63. The zero-order chi connectivity index (χ0) is 32.3. The molecule has 256 valence electrons. The van der Waals surface area contributed by atoms with Gasteiger partial charge in [0.2, 0.25) is 0 Å². The van der Waals surface area contributed by atoms with Crippen LogP contribution in [0.5, 0.6) is 0 Å². The SMILES string of the molecule is COC(C)(C)[C@@H]1O[C@@]23O[C@@H]1C[C@@H](C)C2[C@@]1(C)CC[C@@]24C[C@@]25CC[C@H](O[C@@H]2OC[C@H](O)[C@H](O)[C@H]2O)C(C)(C)C5CC[C@H]4[C@]1(C)[C@H]3O. The van der Waals surface area contributed by atoms with E-state index in [0.29, 0.717) is 17.8 Å². The molecule has 45 heavy (non-hydrogen) atoms. The Balaban J connectivity index is 1.10. The fraction of sp³-hybridized carbons (Fsp3) is 1.00. The highest BCUT2D eigenvalue weighted by atomic mass is 16.8. The van der Waals surface area contributed by atoms with Gasteiger partial charge in [0, 0.05) is 18.4 Å². The van der Waals surface area contributed by atoms with E-state index in [9.17, 15) is 20.4 Å². The lowest BCUT2D eigenvalue weighted by molar-refractivity contribution is -0.303. The van der Waals surface area contributed by atoms with Gasteiger partial charge in [-0.2, -0.15) is 0 Å². The third-order valence-corrected chi connectivity index (χ3v) is 16.4. The fourth-order valence-corrected chi connectivity index (χ4v) is 14.1. The van der Waals surface area contributed by atoms with E-state index in [4.69, 9.17) is 23.7 Å². The number of hydrogen-bond donors (Lipinski definition) is 4. The van der Waals surface area contributed by atoms with Crippen molar-refractivity contribution in [2.24, 2.45) is 50.7 Å². The van der Waals surface area contributed by atoms with E-state index in [0.717, 1.165) is 38.5 Å². The molecule has 5 saturated carbocycles. The minimum absolute atomic E-state index is 0.0487. The fourth-order valence-electron chi connectivity index (χ4n) is 14.1. The van der Waals surface area contributed by atoms with Crippen molar-refractivity contribution in [3.63, 3.8) is 0 Å². The predicted octanol–water partition coefficient (Wildman–Crippen LogP) is 3.78. The minimum atomic E-state index is -1.28. The molecule has 8 fully saturated rings. The van der Waals surface area contributed by atoms with E-state index in [-0.39, 0.29) is 57.9 Å². The largest absolute Gasteiger partial charge is 0.388 e. The zero-order valence-corrected chi connectivity index (χ0v) is 28.6. The molecule has 3 saturated heterocycles. The molecule has 0 radical (unpaired) electrons. The number of aliphatic hydroxyl groups excluding tert-OH is 4. The van der Waals surface area contributed by atoms with Gasteiger partial charge in [-0.1, -0.05) is 34.6 Å². The Morgan fingerprint density at radius 1 is 0.844 bits per heavy atom. The summed E-state index contributed by atoms with van der Waals surface area (Å²) in [6, 6.07) is 0. The number of aliphatic hydroxyl groups is 4. The first-order valence-electron chi connectivity index (χ1n) is 17.9. The van der Waals surface area contributed by atoms with Crippen LogP contribution in [0, 0.1) is 50.7 Å². The van der Waals surface area contributed by atoms with Crippen molar-refractivity contribution < 1.29 is 44.1 Å². The average molecular weight is 635 g/mol. The third-order valence-electron chi connectivity index (χ3n) is 16.4. The molecule has 3 aliphatic heterocycles. The Hall–Kier alpha value is -0.360. The summed E-state index contributed by atoms with van der Waals surface area (Å²) in [4.78, 5) is 0. The number of hydrogen-bond acceptors (Lipinski definition) is 9. The number of ether oxygens (including phenoxy) is 5. The summed E-state index contributed by atoms with van der Waals surface area (Å²) >= 11 is 0. The number of rotatable bonds is 4.